The molecule has 5 heteroatoms. The van der Waals surface area contributed by atoms with Gasteiger partial charge in [0.25, 0.3) is 0 Å². The third-order valence-corrected chi connectivity index (χ3v) is 5.49. The van der Waals surface area contributed by atoms with Crippen molar-refractivity contribution in [1.82, 2.24) is 0 Å². The van der Waals surface area contributed by atoms with Crippen LogP contribution >= 0.6 is 12.6 Å². The molecule has 1 aliphatic heterocycles. The van der Waals surface area contributed by atoms with Crippen LogP contribution in [0.5, 0.6) is 0 Å². The molecule has 1 rings (SSSR count). The number of hydrogen-bond donors (Lipinski definition) is 2. The SMILES string of the molecule is C/C([B]OC(C)(C)C(C)(C)S)=C\CC1OC(C)C(N)CC1C. The van der Waals surface area contributed by atoms with Gasteiger partial charge in [0.1, 0.15) is 0 Å². The van der Waals surface area contributed by atoms with Crippen molar-refractivity contribution in [3.8, 4) is 0 Å². The van der Waals surface area contributed by atoms with Crippen molar-refractivity contribution in [1.29, 1.82) is 0 Å². The van der Waals surface area contributed by atoms with Gasteiger partial charge in [-0.2, -0.15) is 12.6 Å². The molecule has 0 spiro atoms. The average molecular weight is 326 g/mol. The summed E-state index contributed by atoms with van der Waals surface area (Å²) in [4.78, 5) is 0. The van der Waals surface area contributed by atoms with Gasteiger partial charge < -0.3 is 15.1 Å². The van der Waals surface area contributed by atoms with E-state index in [9.17, 15) is 0 Å². The molecule has 0 aliphatic carbocycles. The maximum absolute atomic E-state index is 6.05. The van der Waals surface area contributed by atoms with Crippen molar-refractivity contribution in [2.45, 2.75) is 89.9 Å². The fourth-order valence-electron chi connectivity index (χ4n) is 2.31. The molecule has 1 heterocycles. The van der Waals surface area contributed by atoms with Crippen LogP contribution in [0.4, 0.5) is 0 Å². The molecule has 0 amide bonds. The molecule has 3 nitrogen and oxygen atoms in total. The van der Waals surface area contributed by atoms with Crippen molar-refractivity contribution >= 4 is 20.1 Å². The fourth-order valence-corrected chi connectivity index (χ4v) is 2.36. The van der Waals surface area contributed by atoms with Crippen LogP contribution in [0.15, 0.2) is 11.5 Å². The Balaban J connectivity index is 2.49. The van der Waals surface area contributed by atoms with Gasteiger partial charge in [0.2, 0.25) is 0 Å². The van der Waals surface area contributed by atoms with E-state index in [0.29, 0.717) is 5.92 Å². The van der Waals surface area contributed by atoms with Crippen molar-refractivity contribution in [3.63, 3.8) is 0 Å². The molecule has 4 unspecified atom stereocenters. The van der Waals surface area contributed by atoms with E-state index in [1.807, 2.05) is 7.48 Å². The van der Waals surface area contributed by atoms with Crippen LogP contribution in [0.3, 0.4) is 0 Å². The summed E-state index contributed by atoms with van der Waals surface area (Å²) in [5, 5.41) is 0. The lowest BCUT2D eigenvalue weighted by molar-refractivity contribution is -0.0784. The van der Waals surface area contributed by atoms with Crippen molar-refractivity contribution in [3.05, 3.63) is 11.5 Å². The van der Waals surface area contributed by atoms with Crippen LogP contribution in [0.2, 0.25) is 0 Å². The van der Waals surface area contributed by atoms with E-state index >= 15 is 0 Å². The maximum atomic E-state index is 6.05. The zero-order valence-electron chi connectivity index (χ0n) is 15.2. The Morgan fingerprint density at radius 1 is 1.36 bits per heavy atom. The normalized spacial score (nSPS) is 31.2. The van der Waals surface area contributed by atoms with E-state index in [2.05, 4.69) is 67.2 Å². The van der Waals surface area contributed by atoms with Crippen molar-refractivity contribution < 1.29 is 9.39 Å². The van der Waals surface area contributed by atoms with Gasteiger partial charge in [-0.3, -0.25) is 0 Å². The standard InChI is InChI=1S/C17H33BNO2S/c1-11-10-14(19)13(3)20-15(11)9-8-12(2)18-21-16(4,5)17(6,7)22/h8,11,13-15,22H,9-10,19H2,1-7H3/b12-8+. The highest BCUT2D eigenvalue weighted by Crippen LogP contribution is 2.31. The summed E-state index contributed by atoms with van der Waals surface area (Å²) < 4.78 is 11.7. The first-order valence-electron chi connectivity index (χ1n) is 8.25. The zero-order valence-corrected chi connectivity index (χ0v) is 16.1. The predicted molar refractivity (Wildman–Crippen MR) is 98.4 cm³/mol. The van der Waals surface area contributed by atoms with E-state index in [-0.39, 0.29) is 28.6 Å². The summed E-state index contributed by atoms with van der Waals surface area (Å²) in [6.45, 7) is 14.6. The Morgan fingerprint density at radius 3 is 2.50 bits per heavy atom. The van der Waals surface area contributed by atoms with Gasteiger partial charge in [0.05, 0.1) is 17.8 Å². The van der Waals surface area contributed by atoms with E-state index in [1.165, 1.54) is 0 Å². The number of hydrogen-bond acceptors (Lipinski definition) is 4. The van der Waals surface area contributed by atoms with Crippen LogP contribution in [0.25, 0.3) is 0 Å². The Labute approximate surface area is 143 Å². The number of thiol groups is 1. The van der Waals surface area contributed by atoms with Gasteiger partial charge in [-0.1, -0.05) is 25.4 Å². The zero-order chi connectivity index (χ0) is 17.1. The molecule has 1 aliphatic rings. The largest absolute Gasteiger partial charge is 0.429 e. The number of ether oxygens (including phenoxy) is 1. The smallest absolute Gasteiger partial charge is 0.325 e. The van der Waals surface area contributed by atoms with Gasteiger partial charge in [-0.15, -0.1) is 0 Å². The molecule has 0 saturated carbocycles. The second kappa shape index (κ2) is 7.74. The van der Waals surface area contributed by atoms with Crippen LogP contribution in [0.1, 0.15) is 61.3 Å². The first-order valence-corrected chi connectivity index (χ1v) is 8.70. The van der Waals surface area contributed by atoms with Gasteiger partial charge in [0.15, 0.2) is 0 Å². The highest BCUT2D eigenvalue weighted by molar-refractivity contribution is 7.81. The summed E-state index contributed by atoms with van der Waals surface area (Å²) in [7, 11) is 1.83. The first kappa shape index (κ1) is 20.1. The predicted octanol–water partition coefficient (Wildman–Crippen LogP) is 3.54. The van der Waals surface area contributed by atoms with Crippen LogP contribution in [0, 0.1) is 5.92 Å². The minimum atomic E-state index is -0.332. The summed E-state index contributed by atoms with van der Waals surface area (Å²) >= 11 is 4.61. The molecule has 0 bridgehead atoms. The molecule has 22 heavy (non-hydrogen) atoms. The third kappa shape index (κ3) is 5.59. The minimum Gasteiger partial charge on any atom is -0.429 e. The minimum absolute atomic E-state index is 0.138. The van der Waals surface area contributed by atoms with E-state index < -0.39 is 0 Å². The van der Waals surface area contributed by atoms with Gasteiger partial charge in [-0.05, 0) is 53.4 Å². The summed E-state index contributed by atoms with van der Waals surface area (Å²) in [6, 6.07) is 0.157. The van der Waals surface area contributed by atoms with Gasteiger partial charge in [-0.25, -0.2) is 0 Å². The Morgan fingerprint density at radius 2 is 1.95 bits per heavy atom. The van der Waals surface area contributed by atoms with Gasteiger partial charge >= 0.3 is 7.48 Å². The second-order valence-electron chi connectivity index (χ2n) is 7.75. The molecule has 127 valence electrons. The van der Waals surface area contributed by atoms with Gasteiger partial charge in [0, 0.05) is 10.8 Å². The van der Waals surface area contributed by atoms with E-state index in [0.717, 1.165) is 18.3 Å². The van der Waals surface area contributed by atoms with Crippen LogP contribution < -0.4 is 5.73 Å². The fraction of sp³-hybridized carbons (Fsp3) is 0.882. The van der Waals surface area contributed by atoms with Crippen molar-refractivity contribution in [2.24, 2.45) is 11.7 Å². The highest BCUT2D eigenvalue weighted by atomic mass is 32.1. The molecule has 1 saturated heterocycles. The molecule has 0 aromatic carbocycles. The summed E-state index contributed by atoms with van der Waals surface area (Å²) in [6.07, 6.45) is 4.49. The van der Waals surface area contributed by atoms with E-state index in [1.54, 1.807) is 0 Å². The molecule has 0 aromatic heterocycles. The lowest BCUT2D eigenvalue weighted by Gasteiger charge is -2.38. The summed E-state index contributed by atoms with van der Waals surface area (Å²) in [5.74, 6) is 0.490. The van der Waals surface area contributed by atoms with Crippen LogP contribution in [-0.4, -0.2) is 36.1 Å². The molecule has 0 aromatic rings. The average Bonchev–Trinajstić information content (AvgIpc) is 2.38. The molecule has 1 fully saturated rings. The van der Waals surface area contributed by atoms with Crippen molar-refractivity contribution in [2.75, 3.05) is 0 Å². The maximum Gasteiger partial charge on any atom is 0.325 e. The molecule has 1 radical (unpaired) electrons. The Hall–Kier alpha value is 0.0349. The monoisotopic (exact) mass is 326 g/mol. The molecular formula is C17H33BNO2S. The second-order valence-corrected chi connectivity index (χ2v) is 8.86. The molecule has 2 N–H and O–H groups in total. The lowest BCUT2D eigenvalue weighted by Crippen LogP contribution is -2.46. The number of allylic oxidation sites excluding steroid dienone is 1. The molecule has 4 atom stereocenters. The summed E-state index contributed by atoms with van der Waals surface area (Å²) in [5.41, 5.74) is 6.83. The lowest BCUT2D eigenvalue weighted by atomic mass is 9.82. The van der Waals surface area contributed by atoms with Crippen LogP contribution in [-0.2, 0) is 9.39 Å². The topological polar surface area (TPSA) is 44.5 Å². The Kier molecular flexibility index (Phi) is 7.06. The number of rotatable bonds is 6. The first-order chi connectivity index (χ1) is 9.94. The number of nitrogens with two attached hydrogens (primary N) is 1. The molecular weight excluding hydrogens is 293 g/mol. The Bertz CT molecular complexity index is 393. The van der Waals surface area contributed by atoms with E-state index in [4.69, 9.17) is 15.1 Å². The third-order valence-electron chi connectivity index (χ3n) is 4.96. The quantitative estimate of drug-likeness (QED) is 0.580. The highest BCUT2D eigenvalue weighted by Gasteiger charge is 2.34.